The van der Waals surface area contributed by atoms with Crippen molar-refractivity contribution >= 4 is 41.1 Å². The molecule has 22 heteroatoms. The Balaban J connectivity index is 0.000000259. The maximum atomic E-state index is 12.7. The van der Waals surface area contributed by atoms with Crippen LogP contribution in [0.1, 0.15) is 33.2 Å². The van der Waals surface area contributed by atoms with Gasteiger partial charge in [-0.25, -0.2) is 14.4 Å². The van der Waals surface area contributed by atoms with Crippen molar-refractivity contribution in [3.05, 3.63) is 93.5 Å². The molecule has 0 unspecified atom stereocenters. The number of aromatic carboxylic acids is 1. The van der Waals surface area contributed by atoms with Gasteiger partial charge in [0.05, 0.1) is 61.7 Å². The first-order valence-electron chi connectivity index (χ1n) is 15.9. The molecule has 5 rings (SSSR count). The second kappa shape index (κ2) is 19.4. The topological polar surface area (TPSA) is 217 Å². The van der Waals surface area contributed by atoms with Gasteiger partial charge in [0.2, 0.25) is 23.5 Å². The van der Waals surface area contributed by atoms with Gasteiger partial charge in [0.25, 0.3) is 0 Å². The number of aromatic nitrogens is 4. The van der Waals surface area contributed by atoms with Crippen LogP contribution in [-0.2, 0) is 15.7 Å². The van der Waals surface area contributed by atoms with Crippen molar-refractivity contribution in [3.8, 4) is 58.5 Å². The van der Waals surface area contributed by atoms with Crippen molar-refractivity contribution < 1.29 is 75.7 Å². The summed E-state index contributed by atoms with van der Waals surface area (Å²) in [6, 6.07) is 13.2. The molecule has 2 aromatic heterocycles. The highest BCUT2D eigenvalue weighted by atomic mass is 35.5. The zero-order valence-corrected chi connectivity index (χ0v) is 32.0. The van der Waals surface area contributed by atoms with E-state index in [-0.39, 0.29) is 79.7 Å². The number of aliphatic carboxylic acids is 1. The lowest BCUT2D eigenvalue weighted by atomic mass is 10.2. The monoisotopic (exact) mass is 852 g/mol. The number of hydrogen-bond donors (Lipinski definition) is 2. The Bertz CT molecular complexity index is 2180. The minimum Gasteiger partial charge on any atom is -0.481 e. The van der Waals surface area contributed by atoms with E-state index >= 15 is 0 Å². The number of alkyl halides is 3. The summed E-state index contributed by atoms with van der Waals surface area (Å²) >= 11 is 11.7. The molecule has 2 heterocycles. The molecule has 0 aliphatic carbocycles. The van der Waals surface area contributed by atoms with Gasteiger partial charge in [0.1, 0.15) is 28.6 Å². The highest BCUT2D eigenvalue weighted by Gasteiger charge is 2.31. The lowest BCUT2D eigenvalue weighted by Gasteiger charge is -2.13. The highest BCUT2D eigenvalue weighted by molar-refractivity contribution is 6.33. The van der Waals surface area contributed by atoms with E-state index in [0.29, 0.717) is 6.07 Å². The Labute approximate surface area is 335 Å². The van der Waals surface area contributed by atoms with E-state index in [4.69, 9.17) is 66.2 Å². The maximum absolute atomic E-state index is 12.7. The normalized spacial score (nSPS) is 11.2. The van der Waals surface area contributed by atoms with E-state index in [9.17, 15) is 32.7 Å². The van der Waals surface area contributed by atoms with Crippen LogP contribution >= 0.6 is 23.2 Å². The Morgan fingerprint density at radius 2 is 1.16 bits per heavy atom. The van der Waals surface area contributed by atoms with E-state index in [2.05, 4.69) is 19.9 Å². The molecule has 0 saturated heterocycles. The highest BCUT2D eigenvalue weighted by Crippen LogP contribution is 2.38. The van der Waals surface area contributed by atoms with Crippen molar-refractivity contribution in [2.75, 3.05) is 28.4 Å². The summed E-state index contributed by atoms with van der Waals surface area (Å²) in [6.07, 6.45) is -5.96. The van der Waals surface area contributed by atoms with E-state index in [0.717, 1.165) is 25.1 Å². The molecule has 2 N–H and O–H groups in total. The zero-order valence-electron chi connectivity index (χ0n) is 30.5. The second-order valence-corrected chi connectivity index (χ2v) is 11.7. The zero-order chi connectivity index (χ0) is 42.7. The molecule has 0 aliphatic rings. The van der Waals surface area contributed by atoms with Gasteiger partial charge in [-0.05, 0) is 55.5 Å². The van der Waals surface area contributed by atoms with Crippen LogP contribution < -0.4 is 33.2 Å². The average molecular weight is 854 g/mol. The molecule has 17 nitrogen and oxygen atoms in total. The summed E-state index contributed by atoms with van der Waals surface area (Å²) in [5.41, 5.74) is -1.42. The summed E-state index contributed by atoms with van der Waals surface area (Å²) in [5.74, 6) is -3.21. The molecule has 58 heavy (non-hydrogen) atoms. The van der Waals surface area contributed by atoms with E-state index in [1.807, 2.05) is 0 Å². The Morgan fingerprint density at radius 3 is 1.57 bits per heavy atom. The fraction of sp³-hybridized carbons (Fsp3) is 0.194. The van der Waals surface area contributed by atoms with E-state index in [1.165, 1.54) is 70.9 Å². The molecule has 0 fully saturated rings. The summed E-state index contributed by atoms with van der Waals surface area (Å²) in [4.78, 5) is 50.9. The smallest absolute Gasteiger partial charge is 0.416 e. The van der Waals surface area contributed by atoms with Crippen molar-refractivity contribution in [1.82, 2.24) is 19.9 Å². The van der Waals surface area contributed by atoms with Gasteiger partial charge in [-0.3, -0.25) is 0 Å². The molecular formula is C36H29Cl2F3N4O13. The molecule has 5 aromatic rings. The predicted molar refractivity (Wildman–Crippen MR) is 194 cm³/mol. The second-order valence-electron chi connectivity index (χ2n) is 10.9. The van der Waals surface area contributed by atoms with Crippen molar-refractivity contribution in [2.24, 2.45) is 0 Å². The maximum Gasteiger partial charge on any atom is 0.416 e. The fourth-order valence-corrected chi connectivity index (χ4v) is 4.67. The minimum atomic E-state index is -4.56. The Kier molecular flexibility index (Phi) is 14.7. The van der Waals surface area contributed by atoms with E-state index < -0.39 is 35.8 Å². The number of rotatable bonds is 14. The Hall–Kier alpha value is -6.80. The number of esters is 1. The summed E-state index contributed by atoms with van der Waals surface area (Å²) in [7, 11) is 5.63. The predicted octanol–water partition coefficient (Wildman–Crippen LogP) is 8.02. The third kappa shape index (κ3) is 11.6. The largest absolute Gasteiger partial charge is 0.481 e. The number of carboxylic acids is 2. The molecule has 0 radical (unpaired) electrons. The standard InChI is InChI=1S/C19H18N4O8.C17H11Cl2F3O5/c1-26-12-8-13(27-2)21-18(20-12)30-10-6-5-7-11(16(10)17(24)25)31-19-22-14(28-3)9-15(23-19)29-4;1-8(15(23)24)26-16(25)11-7-10(3-4-12(11)18)27-14-5-2-9(6-13(14)19)17(20,21)22/h5-9H,1-4H3,(H,24,25);2-8H,1H3,(H,23,24)/t;8-/m.0/s1. The van der Waals surface area contributed by atoms with Gasteiger partial charge in [-0.15, -0.1) is 0 Å². The molecule has 306 valence electrons. The molecule has 0 amide bonds. The number of nitrogens with zero attached hydrogens (tertiary/aromatic N) is 4. The van der Waals surface area contributed by atoms with Gasteiger partial charge in [-0.1, -0.05) is 29.3 Å². The molecule has 0 saturated carbocycles. The van der Waals surface area contributed by atoms with Crippen LogP contribution in [0.4, 0.5) is 13.2 Å². The van der Waals surface area contributed by atoms with Crippen molar-refractivity contribution in [1.29, 1.82) is 0 Å². The van der Waals surface area contributed by atoms with Gasteiger partial charge in [0.15, 0.2) is 6.10 Å². The van der Waals surface area contributed by atoms with Crippen LogP contribution in [0.15, 0.2) is 66.7 Å². The lowest BCUT2D eigenvalue weighted by Crippen LogP contribution is -2.23. The van der Waals surface area contributed by atoms with Crippen molar-refractivity contribution in [3.63, 3.8) is 0 Å². The summed E-state index contributed by atoms with van der Waals surface area (Å²) < 4.78 is 79.6. The lowest BCUT2D eigenvalue weighted by molar-refractivity contribution is -0.146. The van der Waals surface area contributed by atoms with Crippen LogP contribution in [0.3, 0.4) is 0 Å². The summed E-state index contributed by atoms with van der Waals surface area (Å²) in [5, 5.41) is 18.2. The van der Waals surface area contributed by atoms with E-state index in [1.54, 1.807) is 0 Å². The van der Waals surface area contributed by atoms with Crippen LogP contribution in [0, 0.1) is 0 Å². The number of halogens is 5. The van der Waals surface area contributed by atoms with Gasteiger partial charge < -0.3 is 48.1 Å². The van der Waals surface area contributed by atoms with Crippen molar-refractivity contribution in [2.45, 2.75) is 19.2 Å². The first-order valence-corrected chi connectivity index (χ1v) is 16.7. The molecule has 0 bridgehead atoms. The molecule has 1 atom stereocenters. The van der Waals surface area contributed by atoms with Crippen LogP contribution in [-0.4, -0.2) is 82.6 Å². The molecule has 0 aliphatic heterocycles. The molecular weight excluding hydrogens is 824 g/mol. The molecule has 3 aromatic carbocycles. The van der Waals surface area contributed by atoms with Gasteiger partial charge >= 0.3 is 36.1 Å². The fourth-order valence-electron chi connectivity index (χ4n) is 4.25. The number of hydrogen-bond acceptors (Lipinski definition) is 15. The number of benzene rings is 3. The third-order valence-electron chi connectivity index (χ3n) is 7.03. The number of carbonyl (C=O) groups is 3. The Morgan fingerprint density at radius 1 is 0.655 bits per heavy atom. The third-order valence-corrected chi connectivity index (χ3v) is 7.66. The van der Waals surface area contributed by atoms with Crippen LogP contribution in [0.2, 0.25) is 10.0 Å². The summed E-state index contributed by atoms with van der Waals surface area (Å²) in [6.45, 7) is 1.16. The SMILES string of the molecule is COc1cc(OC)nc(Oc2cccc(Oc3nc(OC)cc(OC)n3)c2C(=O)O)n1.C[C@H](OC(=O)c1cc(Oc2ccc(C(F)(F)F)cc2Cl)ccc1Cl)C(=O)O. The van der Waals surface area contributed by atoms with Crippen LogP contribution in [0.5, 0.6) is 58.5 Å². The van der Waals surface area contributed by atoms with Gasteiger partial charge in [-0.2, -0.15) is 33.1 Å². The van der Waals surface area contributed by atoms with Gasteiger partial charge in [0, 0.05) is 0 Å². The number of carbonyl (C=O) groups excluding carboxylic acids is 1. The number of ether oxygens (including phenoxy) is 8. The minimum absolute atomic E-state index is 0.0246. The molecule has 0 spiro atoms. The first-order chi connectivity index (χ1) is 27.4. The quantitative estimate of drug-likeness (QED) is 0.101. The first kappa shape index (κ1) is 43.9. The average Bonchev–Trinajstić information content (AvgIpc) is 3.18. The number of methoxy groups -OCH3 is 4. The number of carboxylic acid groups (broad SMARTS) is 2. The van der Waals surface area contributed by atoms with Crippen LogP contribution in [0.25, 0.3) is 0 Å².